The number of esters is 1. The Morgan fingerprint density at radius 1 is 1.45 bits per heavy atom. The maximum absolute atomic E-state index is 13.6. The van der Waals surface area contributed by atoms with Gasteiger partial charge in [-0.1, -0.05) is 0 Å². The van der Waals surface area contributed by atoms with Crippen LogP contribution in [0.25, 0.3) is 0 Å². The zero-order valence-corrected chi connectivity index (χ0v) is 11.2. The van der Waals surface area contributed by atoms with Gasteiger partial charge < -0.3 is 15.2 Å². The number of hydrogen-bond donors (Lipinski definition) is 1. The molecule has 1 atom stereocenters. The Hall–Kier alpha value is -1.62. The predicted molar refractivity (Wildman–Crippen MR) is 71.8 cm³/mol. The van der Waals surface area contributed by atoms with Gasteiger partial charge >= 0.3 is 5.97 Å². The number of anilines is 1. The lowest BCUT2D eigenvalue weighted by atomic mass is 9.74. The second-order valence-corrected chi connectivity index (χ2v) is 5.64. The van der Waals surface area contributed by atoms with Crippen LogP contribution >= 0.6 is 0 Å². The predicted octanol–water partition coefficient (Wildman–Crippen LogP) is 2.67. The molecule has 5 heteroatoms. The molecule has 0 bridgehead atoms. The summed E-state index contributed by atoms with van der Waals surface area (Å²) in [6, 6.07) is 3.92. The van der Waals surface area contributed by atoms with Crippen LogP contribution in [-0.4, -0.2) is 24.3 Å². The summed E-state index contributed by atoms with van der Waals surface area (Å²) in [7, 11) is 0. The minimum absolute atomic E-state index is 0.0980. The highest BCUT2D eigenvalue weighted by molar-refractivity contribution is 5.90. The standard InChI is InChI=1S/C15H18FNO3/c16-13-3-2-10(17)8-12(13)14(18)20-11-4-7-19-15(9-11)5-1-6-15/h2-3,8,11H,1,4-7,9,17H2. The topological polar surface area (TPSA) is 61.6 Å². The molecule has 1 aliphatic carbocycles. The first-order chi connectivity index (χ1) is 9.58. The van der Waals surface area contributed by atoms with Crippen molar-refractivity contribution in [3.8, 4) is 0 Å². The Balaban J connectivity index is 1.67. The quantitative estimate of drug-likeness (QED) is 0.668. The summed E-state index contributed by atoms with van der Waals surface area (Å²) in [6.45, 7) is 0.595. The average Bonchev–Trinajstić information content (AvgIpc) is 2.40. The fourth-order valence-electron chi connectivity index (χ4n) is 2.92. The number of halogens is 1. The van der Waals surface area contributed by atoms with Crippen molar-refractivity contribution in [3.05, 3.63) is 29.6 Å². The van der Waals surface area contributed by atoms with Gasteiger partial charge in [0.2, 0.25) is 0 Å². The van der Waals surface area contributed by atoms with E-state index in [0.717, 1.165) is 19.3 Å². The van der Waals surface area contributed by atoms with Crippen molar-refractivity contribution in [2.75, 3.05) is 12.3 Å². The maximum atomic E-state index is 13.6. The average molecular weight is 279 g/mol. The van der Waals surface area contributed by atoms with E-state index in [2.05, 4.69) is 0 Å². The van der Waals surface area contributed by atoms with Crippen molar-refractivity contribution in [2.24, 2.45) is 0 Å². The molecule has 3 rings (SSSR count). The Kier molecular flexibility index (Phi) is 3.38. The minimum atomic E-state index is -0.642. The number of rotatable bonds is 2. The number of carbonyl (C=O) groups is 1. The van der Waals surface area contributed by atoms with Crippen molar-refractivity contribution in [3.63, 3.8) is 0 Å². The van der Waals surface area contributed by atoms with Gasteiger partial charge in [-0.15, -0.1) is 0 Å². The van der Waals surface area contributed by atoms with E-state index in [0.29, 0.717) is 25.1 Å². The van der Waals surface area contributed by atoms with Gasteiger partial charge in [0, 0.05) is 18.5 Å². The van der Waals surface area contributed by atoms with Crippen LogP contribution in [0.15, 0.2) is 18.2 Å². The van der Waals surface area contributed by atoms with E-state index < -0.39 is 11.8 Å². The molecule has 2 N–H and O–H groups in total. The smallest absolute Gasteiger partial charge is 0.341 e. The summed E-state index contributed by atoms with van der Waals surface area (Å²) < 4.78 is 24.8. The van der Waals surface area contributed by atoms with Gasteiger partial charge in [-0.25, -0.2) is 9.18 Å². The van der Waals surface area contributed by atoms with Crippen LogP contribution in [0, 0.1) is 5.82 Å². The monoisotopic (exact) mass is 279 g/mol. The van der Waals surface area contributed by atoms with Gasteiger partial charge in [0.25, 0.3) is 0 Å². The van der Waals surface area contributed by atoms with Crippen molar-refractivity contribution >= 4 is 11.7 Å². The lowest BCUT2D eigenvalue weighted by Gasteiger charge is -2.46. The number of nitrogens with two attached hydrogens (primary N) is 1. The summed E-state index contributed by atoms with van der Waals surface area (Å²) in [5.41, 5.74) is 5.73. The van der Waals surface area contributed by atoms with Crippen LogP contribution < -0.4 is 5.73 Å². The molecule has 0 amide bonds. The third-order valence-electron chi connectivity index (χ3n) is 4.20. The summed E-state index contributed by atoms with van der Waals surface area (Å²) in [5.74, 6) is -1.24. The molecule has 0 aromatic heterocycles. The van der Waals surface area contributed by atoms with E-state index in [4.69, 9.17) is 15.2 Å². The Labute approximate surface area is 117 Å². The van der Waals surface area contributed by atoms with E-state index >= 15 is 0 Å². The van der Waals surface area contributed by atoms with E-state index in [1.807, 2.05) is 0 Å². The van der Waals surface area contributed by atoms with Crippen LogP contribution in [0.1, 0.15) is 42.5 Å². The molecule has 2 aliphatic rings. The lowest BCUT2D eigenvalue weighted by Crippen LogP contribution is -2.48. The van der Waals surface area contributed by atoms with Crippen LogP contribution in [0.2, 0.25) is 0 Å². The second kappa shape index (κ2) is 5.05. The molecular weight excluding hydrogens is 261 g/mol. The fraction of sp³-hybridized carbons (Fsp3) is 0.533. The Morgan fingerprint density at radius 2 is 2.25 bits per heavy atom. The number of ether oxygens (including phenoxy) is 2. The lowest BCUT2D eigenvalue weighted by molar-refractivity contribution is -0.159. The molecule has 4 nitrogen and oxygen atoms in total. The highest BCUT2D eigenvalue weighted by atomic mass is 19.1. The fourth-order valence-corrected chi connectivity index (χ4v) is 2.92. The molecule has 1 aromatic rings. The molecule has 0 radical (unpaired) electrons. The van der Waals surface area contributed by atoms with Crippen molar-refractivity contribution in [1.29, 1.82) is 0 Å². The molecule has 1 saturated carbocycles. The highest BCUT2D eigenvalue weighted by Crippen LogP contribution is 2.43. The normalized spacial score (nSPS) is 24.1. The van der Waals surface area contributed by atoms with Crippen LogP contribution in [0.3, 0.4) is 0 Å². The molecule has 1 heterocycles. The molecule has 2 fully saturated rings. The molecule has 1 aliphatic heterocycles. The molecule has 1 saturated heterocycles. The highest BCUT2D eigenvalue weighted by Gasteiger charge is 2.43. The van der Waals surface area contributed by atoms with E-state index in [1.165, 1.54) is 18.2 Å². The van der Waals surface area contributed by atoms with Crippen molar-refractivity contribution < 1.29 is 18.7 Å². The first-order valence-electron chi connectivity index (χ1n) is 6.98. The number of benzene rings is 1. The first kappa shape index (κ1) is 13.4. The van der Waals surface area contributed by atoms with Crippen molar-refractivity contribution in [2.45, 2.75) is 43.8 Å². The zero-order chi connectivity index (χ0) is 14.2. The molecular formula is C15H18FNO3. The molecule has 1 unspecified atom stereocenters. The van der Waals surface area contributed by atoms with Crippen LogP contribution in [0.4, 0.5) is 10.1 Å². The first-order valence-corrected chi connectivity index (χ1v) is 6.98. The van der Waals surface area contributed by atoms with Gasteiger partial charge in [0.1, 0.15) is 11.9 Å². The van der Waals surface area contributed by atoms with Gasteiger partial charge in [-0.3, -0.25) is 0 Å². The SMILES string of the molecule is Nc1ccc(F)c(C(=O)OC2CCOC3(CCC3)C2)c1. The summed E-state index contributed by atoms with van der Waals surface area (Å²) in [4.78, 5) is 12.0. The molecule has 20 heavy (non-hydrogen) atoms. The summed E-state index contributed by atoms with van der Waals surface area (Å²) in [5, 5.41) is 0. The van der Waals surface area contributed by atoms with Gasteiger partial charge in [0.15, 0.2) is 0 Å². The largest absolute Gasteiger partial charge is 0.458 e. The molecule has 1 aromatic carbocycles. The third-order valence-corrected chi connectivity index (χ3v) is 4.20. The van der Waals surface area contributed by atoms with Gasteiger partial charge in [0.05, 0.1) is 17.8 Å². The van der Waals surface area contributed by atoms with Crippen LogP contribution in [0.5, 0.6) is 0 Å². The Morgan fingerprint density at radius 3 is 2.95 bits per heavy atom. The van der Waals surface area contributed by atoms with Crippen LogP contribution in [-0.2, 0) is 9.47 Å². The minimum Gasteiger partial charge on any atom is -0.458 e. The van der Waals surface area contributed by atoms with E-state index in [-0.39, 0.29) is 17.3 Å². The van der Waals surface area contributed by atoms with E-state index in [9.17, 15) is 9.18 Å². The van der Waals surface area contributed by atoms with Gasteiger partial charge in [-0.2, -0.15) is 0 Å². The number of nitrogen functional groups attached to an aromatic ring is 1. The zero-order valence-electron chi connectivity index (χ0n) is 11.2. The molecule has 1 spiro atoms. The van der Waals surface area contributed by atoms with E-state index in [1.54, 1.807) is 0 Å². The maximum Gasteiger partial charge on any atom is 0.341 e. The number of hydrogen-bond acceptors (Lipinski definition) is 4. The second-order valence-electron chi connectivity index (χ2n) is 5.64. The number of carbonyl (C=O) groups excluding carboxylic acids is 1. The molecule has 108 valence electrons. The Bertz CT molecular complexity index is 528. The van der Waals surface area contributed by atoms with Crippen molar-refractivity contribution in [1.82, 2.24) is 0 Å². The third kappa shape index (κ3) is 2.50. The summed E-state index contributed by atoms with van der Waals surface area (Å²) in [6.07, 6.45) is 4.38. The van der Waals surface area contributed by atoms with Gasteiger partial charge in [-0.05, 0) is 37.5 Å². The summed E-state index contributed by atoms with van der Waals surface area (Å²) >= 11 is 0.